The summed E-state index contributed by atoms with van der Waals surface area (Å²) in [6.45, 7) is 3.78. The van der Waals surface area contributed by atoms with Gasteiger partial charge in [-0.1, -0.05) is 35.5 Å². The van der Waals surface area contributed by atoms with E-state index in [0.717, 1.165) is 27.8 Å². The third-order valence-corrected chi connectivity index (χ3v) is 5.36. The summed E-state index contributed by atoms with van der Waals surface area (Å²) in [6, 6.07) is 13.1. The highest BCUT2D eigenvalue weighted by molar-refractivity contribution is 8.00. The summed E-state index contributed by atoms with van der Waals surface area (Å²) in [5.74, 6) is 0.657. The molecule has 1 unspecified atom stereocenters. The number of methoxy groups -OCH3 is 1. The summed E-state index contributed by atoms with van der Waals surface area (Å²) < 4.78 is 7.22. The van der Waals surface area contributed by atoms with Crippen LogP contribution < -0.4 is 10.1 Å². The maximum Gasteiger partial charge on any atom is 0.237 e. The van der Waals surface area contributed by atoms with Crippen molar-refractivity contribution in [3.05, 3.63) is 65.4 Å². The van der Waals surface area contributed by atoms with Gasteiger partial charge >= 0.3 is 0 Å². The van der Waals surface area contributed by atoms with Gasteiger partial charge in [0.05, 0.1) is 18.0 Å². The number of hydrogen-bond donors (Lipinski definition) is 1. The molecule has 0 bridgehead atoms. The molecular weight excluding hydrogens is 382 g/mol. The number of rotatable bonds is 6. The number of carbonyl (C=O) groups is 1. The summed E-state index contributed by atoms with van der Waals surface area (Å²) in [7, 11) is 1.63. The van der Waals surface area contributed by atoms with Crippen LogP contribution in [0.15, 0.2) is 60.0 Å². The molecule has 3 aromatic rings. The van der Waals surface area contributed by atoms with Crippen LogP contribution in [0, 0.1) is 6.92 Å². The lowest BCUT2D eigenvalue weighted by molar-refractivity contribution is -0.115. The Kier molecular flexibility index (Phi) is 6.08. The highest BCUT2D eigenvalue weighted by Gasteiger charge is 2.19. The second-order valence-corrected chi connectivity index (χ2v) is 7.73. The largest absolute Gasteiger partial charge is 0.497 e. The van der Waals surface area contributed by atoms with Crippen LogP contribution in [0.25, 0.3) is 5.69 Å². The van der Waals surface area contributed by atoms with E-state index in [-0.39, 0.29) is 11.2 Å². The first-order chi connectivity index (χ1) is 13.0. The predicted molar refractivity (Wildman–Crippen MR) is 110 cm³/mol. The number of imidazole rings is 1. The van der Waals surface area contributed by atoms with Crippen molar-refractivity contribution < 1.29 is 9.53 Å². The Balaban J connectivity index is 1.75. The quantitative estimate of drug-likeness (QED) is 0.593. The Morgan fingerprint density at radius 3 is 2.89 bits per heavy atom. The van der Waals surface area contributed by atoms with E-state index in [2.05, 4.69) is 10.3 Å². The minimum Gasteiger partial charge on any atom is -0.497 e. The van der Waals surface area contributed by atoms with Crippen molar-refractivity contribution >= 4 is 35.0 Å². The Hall–Kier alpha value is -2.44. The van der Waals surface area contributed by atoms with E-state index in [9.17, 15) is 4.79 Å². The molecule has 2 aromatic carbocycles. The van der Waals surface area contributed by atoms with Gasteiger partial charge in [0.1, 0.15) is 5.75 Å². The molecule has 27 heavy (non-hydrogen) atoms. The van der Waals surface area contributed by atoms with Crippen molar-refractivity contribution in [3.63, 3.8) is 0 Å². The van der Waals surface area contributed by atoms with Gasteiger partial charge in [0.2, 0.25) is 5.91 Å². The van der Waals surface area contributed by atoms with Gasteiger partial charge in [0.25, 0.3) is 0 Å². The van der Waals surface area contributed by atoms with Gasteiger partial charge in [0, 0.05) is 29.2 Å². The average Bonchev–Trinajstić information content (AvgIpc) is 3.12. The maximum absolute atomic E-state index is 12.6. The topological polar surface area (TPSA) is 56.2 Å². The maximum atomic E-state index is 12.6. The van der Waals surface area contributed by atoms with E-state index < -0.39 is 0 Å². The van der Waals surface area contributed by atoms with Gasteiger partial charge in [-0.25, -0.2) is 4.98 Å². The fourth-order valence-corrected chi connectivity index (χ4v) is 3.56. The minimum absolute atomic E-state index is 0.106. The molecule has 1 atom stereocenters. The van der Waals surface area contributed by atoms with Crippen LogP contribution in [0.4, 0.5) is 5.69 Å². The van der Waals surface area contributed by atoms with Crippen LogP contribution in [-0.2, 0) is 4.79 Å². The molecule has 0 aliphatic rings. The smallest absolute Gasteiger partial charge is 0.237 e. The zero-order chi connectivity index (χ0) is 19.4. The Bertz CT molecular complexity index is 958. The van der Waals surface area contributed by atoms with Crippen LogP contribution >= 0.6 is 23.4 Å². The van der Waals surface area contributed by atoms with Gasteiger partial charge in [-0.3, -0.25) is 9.36 Å². The Labute approximate surface area is 167 Å². The number of aromatic nitrogens is 2. The third kappa shape index (κ3) is 4.64. The number of hydrogen-bond acceptors (Lipinski definition) is 4. The first kappa shape index (κ1) is 19.3. The molecule has 1 aromatic heterocycles. The zero-order valence-electron chi connectivity index (χ0n) is 15.3. The van der Waals surface area contributed by atoms with E-state index in [1.807, 2.05) is 54.9 Å². The molecule has 3 rings (SSSR count). The van der Waals surface area contributed by atoms with Gasteiger partial charge in [-0.15, -0.1) is 0 Å². The van der Waals surface area contributed by atoms with Crippen LogP contribution in [0.5, 0.6) is 5.75 Å². The predicted octanol–water partition coefficient (Wildman–Crippen LogP) is 4.96. The molecule has 140 valence electrons. The van der Waals surface area contributed by atoms with Crippen molar-refractivity contribution in [3.8, 4) is 11.4 Å². The van der Waals surface area contributed by atoms with Crippen LogP contribution in [0.2, 0.25) is 5.02 Å². The summed E-state index contributed by atoms with van der Waals surface area (Å²) in [5.41, 5.74) is 2.60. The van der Waals surface area contributed by atoms with Crippen LogP contribution in [0.3, 0.4) is 0 Å². The number of aryl methyl sites for hydroxylation is 1. The van der Waals surface area contributed by atoms with Crippen molar-refractivity contribution in [2.45, 2.75) is 24.3 Å². The first-order valence-corrected chi connectivity index (χ1v) is 9.65. The van der Waals surface area contributed by atoms with Crippen molar-refractivity contribution in [2.75, 3.05) is 12.4 Å². The van der Waals surface area contributed by atoms with E-state index in [1.165, 1.54) is 11.8 Å². The van der Waals surface area contributed by atoms with E-state index in [0.29, 0.717) is 5.02 Å². The number of carbonyl (C=O) groups excluding carboxylic acids is 1. The van der Waals surface area contributed by atoms with Gasteiger partial charge in [-0.05, 0) is 43.7 Å². The number of halogens is 1. The number of thioether (sulfide) groups is 1. The molecular formula is C20H20ClN3O2S. The number of nitrogens with one attached hydrogen (secondary N) is 1. The molecule has 0 fully saturated rings. The molecule has 0 saturated heterocycles. The van der Waals surface area contributed by atoms with Crippen molar-refractivity contribution in [1.82, 2.24) is 9.55 Å². The fourth-order valence-electron chi connectivity index (χ4n) is 2.51. The lowest BCUT2D eigenvalue weighted by Gasteiger charge is -2.15. The highest BCUT2D eigenvalue weighted by Crippen LogP contribution is 2.27. The first-order valence-electron chi connectivity index (χ1n) is 8.39. The normalized spacial score (nSPS) is 11.9. The van der Waals surface area contributed by atoms with E-state index in [1.54, 1.807) is 25.4 Å². The molecule has 0 aliphatic heterocycles. The fraction of sp³-hybridized carbons (Fsp3) is 0.200. The number of amides is 1. The SMILES string of the molecule is COc1cccc(-n2ccnc2SC(C)C(=O)Nc2cc(Cl)ccc2C)c1. The average molecular weight is 402 g/mol. The number of anilines is 1. The monoisotopic (exact) mass is 401 g/mol. The van der Waals surface area contributed by atoms with Crippen LogP contribution in [-0.4, -0.2) is 27.8 Å². The van der Waals surface area contributed by atoms with E-state index >= 15 is 0 Å². The Morgan fingerprint density at radius 2 is 2.11 bits per heavy atom. The standard InChI is InChI=1S/C20H20ClN3O2S/c1-13-7-8-15(21)11-18(13)23-19(25)14(2)27-20-22-9-10-24(20)16-5-4-6-17(12-16)26-3/h4-12,14H,1-3H3,(H,23,25). The summed E-state index contributed by atoms with van der Waals surface area (Å²) in [4.78, 5) is 17.0. The lowest BCUT2D eigenvalue weighted by Crippen LogP contribution is -2.23. The molecule has 7 heteroatoms. The van der Waals surface area contributed by atoms with Gasteiger partial charge < -0.3 is 10.1 Å². The molecule has 0 spiro atoms. The Morgan fingerprint density at radius 1 is 1.30 bits per heavy atom. The molecule has 0 saturated carbocycles. The van der Waals surface area contributed by atoms with E-state index in [4.69, 9.17) is 16.3 Å². The molecule has 0 aliphatic carbocycles. The van der Waals surface area contributed by atoms with Crippen molar-refractivity contribution in [1.29, 1.82) is 0 Å². The molecule has 1 heterocycles. The number of ether oxygens (including phenoxy) is 1. The molecule has 1 amide bonds. The molecule has 1 N–H and O–H groups in total. The zero-order valence-corrected chi connectivity index (χ0v) is 16.8. The number of nitrogens with zero attached hydrogens (tertiary/aromatic N) is 2. The third-order valence-electron chi connectivity index (χ3n) is 4.05. The number of benzene rings is 2. The second kappa shape index (κ2) is 8.50. The van der Waals surface area contributed by atoms with Gasteiger partial charge in [-0.2, -0.15) is 0 Å². The molecule has 5 nitrogen and oxygen atoms in total. The minimum atomic E-state index is -0.338. The summed E-state index contributed by atoms with van der Waals surface area (Å²) in [5, 5.41) is 3.92. The summed E-state index contributed by atoms with van der Waals surface area (Å²) in [6.07, 6.45) is 3.58. The van der Waals surface area contributed by atoms with Crippen LogP contribution in [0.1, 0.15) is 12.5 Å². The van der Waals surface area contributed by atoms with Gasteiger partial charge in [0.15, 0.2) is 5.16 Å². The lowest BCUT2D eigenvalue weighted by atomic mass is 10.2. The second-order valence-electron chi connectivity index (χ2n) is 5.99. The highest BCUT2D eigenvalue weighted by atomic mass is 35.5. The molecule has 0 radical (unpaired) electrons. The van der Waals surface area contributed by atoms with Crippen molar-refractivity contribution in [2.24, 2.45) is 0 Å². The summed E-state index contributed by atoms with van der Waals surface area (Å²) >= 11 is 7.42.